The van der Waals surface area contributed by atoms with Gasteiger partial charge in [0, 0.05) is 16.8 Å². The number of pyridine rings is 1. The number of hydrogen-bond donors (Lipinski definition) is 1. The summed E-state index contributed by atoms with van der Waals surface area (Å²) in [4.78, 5) is 16.4. The molecule has 0 unspecified atom stereocenters. The fraction of sp³-hybridized carbons (Fsp3) is 0.0769. The number of hydrogen-bond acceptors (Lipinski definition) is 3. The maximum absolute atomic E-state index is 12.6. The molecule has 0 saturated carbocycles. The Morgan fingerprint density at radius 1 is 1.22 bits per heavy atom. The molecule has 0 radical (unpaired) electrons. The van der Waals surface area contributed by atoms with Gasteiger partial charge in [-0.05, 0) is 42.7 Å². The van der Waals surface area contributed by atoms with Crippen LogP contribution in [0.3, 0.4) is 0 Å². The zero-order valence-electron chi connectivity index (χ0n) is 9.68. The Morgan fingerprint density at radius 3 is 2.50 bits per heavy atom. The van der Waals surface area contributed by atoms with Crippen molar-refractivity contribution in [1.82, 2.24) is 4.98 Å². The van der Waals surface area contributed by atoms with Gasteiger partial charge in [-0.25, -0.2) is 4.98 Å². The lowest BCUT2D eigenvalue weighted by Gasteiger charge is -2.05. The van der Waals surface area contributed by atoms with Crippen LogP contribution in [-0.4, -0.2) is 17.1 Å². The highest BCUT2D eigenvalue weighted by Gasteiger charge is 2.06. The Labute approximate surface area is 108 Å². The van der Waals surface area contributed by atoms with E-state index in [4.69, 9.17) is 0 Å². The van der Waals surface area contributed by atoms with Crippen molar-refractivity contribution >= 4 is 23.4 Å². The second-order valence-corrected chi connectivity index (χ2v) is 4.43. The first-order valence-electron chi connectivity index (χ1n) is 5.26. The van der Waals surface area contributed by atoms with Crippen molar-refractivity contribution in [3.63, 3.8) is 0 Å². The van der Waals surface area contributed by atoms with E-state index < -0.39 is 5.95 Å². The molecule has 0 aliphatic rings. The lowest BCUT2D eigenvalue weighted by Crippen LogP contribution is -2.12. The molecule has 1 aromatic heterocycles. The van der Waals surface area contributed by atoms with Crippen molar-refractivity contribution in [3.05, 3.63) is 54.1 Å². The molecule has 0 fully saturated rings. The summed E-state index contributed by atoms with van der Waals surface area (Å²) in [5.74, 6) is -0.907. The summed E-state index contributed by atoms with van der Waals surface area (Å²) in [6.45, 7) is 0. The summed E-state index contributed by atoms with van der Waals surface area (Å²) in [5, 5.41) is 2.72. The third-order valence-corrected chi connectivity index (χ3v) is 3.08. The van der Waals surface area contributed by atoms with E-state index in [0.29, 0.717) is 11.3 Å². The van der Waals surface area contributed by atoms with E-state index in [1.54, 1.807) is 11.8 Å². The van der Waals surface area contributed by atoms with Gasteiger partial charge in [0.2, 0.25) is 5.95 Å². The molecule has 2 aromatic rings. The number of nitrogens with one attached hydrogen (secondary N) is 1. The zero-order chi connectivity index (χ0) is 13.0. The van der Waals surface area contributed by atoms with Crippen LogP contribution in [0, 0.1) is 5.95 Å². The zero-order valence-corrected chi connectivity index (χ0v) is 10.5. The average molecular weight is 262 g/mol. The molecule has 0 aliphatic heterocycles. The van der Waals surface area contributed by atoms with Crippen LogP contribution in [0.2, 0.25) is 0 Å². The SMILES string of the molecule is CSc1ccc(NC(=O)c2ccc(F)nc2)cc1. The van der Waals surface area contributed by atoms with Crippen molar-refractivity contribution in [2.45, 2.75) is 4.90 Å². The summed E-state index contributed by atoms with van der Waals surface area (Å²) in [6.07, 6.45) is 3.19. The first-order chi connectivity index (χ1) is 8.69. The Balaban J connectivity index is 2.08. The van der Waals surface area contributed by atoms with Gasteiger partial charge in [-0.1, -0.05) is 0 Å². The average Bonchev–Trinajstić information content (AvgIpc) is 2.40. The number of anilines is 1. The molecule has 1 aromatic carbocycles. The molecule has 18 heavy (non-hydrogen) atoms. The third kappa shape index (κ3) is 3.07. The molecule has 0 bridgehead atoms. The number of aromatic nitrogens is 1. The summed E-state index contributed by atoms with van der Waals surface area (Å²) >= 11 is 1.63. The fourth-order valence-corrected chi connectivity index (χ4v) is 1.80. The van der Waals surface area contributed by atoms with Gasteiger partial charge in [0.1, 0.15) is 0 Å². The first kappa shape index (κ1) is 12.6. The number of thioether (sulfide) groups is 1. The topological polar surface area (TPSA) is 42.0 Å². The predicted molar refractivity (Wildman–Crippen MR) is 70.4 cm³/mol. The smallest absolute Gasteiger partial charge is 0.257 e. The van der Waals surface area contributed by atoms with Crippen molar-refractivity contribution in [3.8, 4) is 0 Å². The summed E-state index contributed by atoms with van der Waals surface area (Å²) in [6, 6.07) is 10.0. The first-order valence-corrected chi connectivity index (χ1v) is 6.48. The normalized spacial score (nSPS) is 10.1. The fourth-order valence-electron chi connectivity index (χ4n) is 1.39. The van der Waals surface area contributed by atoms with Gasteiger partial charge < -0.3 is 5.32 Å². The molecule has 2 rings (SSSR count). The number of carbonyl (C=O) groups excluding carboxylic acids is 1. The molecule has 3 nitrogen and oxygen atoms in total. The van der Waals surface area contributed by atoms with E-state index in [0.717, 1.165) is 11.0 Å². The quantitative estimate of drug-likeness (QED) is 0.682. The van der Waals surface area contributed by atoms with Crippen molar-refractivity contribution in [2.75, 3.05) is 11.6 Å². The van der Waals surface area contributed by atoms with E-state index in [9.17, 15) is 9.18 Å². The second-order valence-electron chi connectivity index (χ2n) is 3.55. The Kier molecular flexibility index (Phi) is 3.94. The van der Waals surface area contributed by atoms with Crippen LogP contribution in [0.4, 0.5) is 10.1 Å². The van der Waals surface area contributed by atoms with Crippen LogP contribution in [-0.2, 0) is 0 Å². The largest absolute Gasteiger partial charge is 0.322 e. The second kappa shape index (κ2) is 5.64. The Bertz CT molecular complexity index is 540. The highest BCUT2D eigenvalue weighted by Crippen LogP contribution is 2.17. The van der Waals surface area contributed by atoms with Gasteiger partial charge in [0.25, 0.3) is 5.91 Å². The van der Waals surface area contributed by atoms with Gasteiger partial charge in [-0.2, -0.15) is 4.39 Å². The van der Waals surface area contributed by atoms with Gasteiger partial charge in [-0.15, -0.1) is 11.8 Å². The molecule has 0 spiro atoms. The predicted octanol–water partition coefficient (Wildman–Crippen LogP) is 3.19. The highest BCUT2D eigenvalue weighted by molar-refractivity contribution is 7.98. The monoisotopic (exact) mass is 262 g/mol. The van der Waals surface area contributed by atoms with Crippen LogP contribution in [0.1, 0.15) is 10.4 Å². The molecule has 5 heteroatoms. The lowest BCUT2D eigenvalue weighted by molar-refractivity contribution is 0.102. The number of rotatable bonds is 3. The van der Waals surface area contributed by atoms with E-state index in [1.807, 2.05) is 30.5 Å². The van der Waals surface area contributed by atoms with E-state index >= 15 is 0 Å². The van der Waals surface area contributed by atoms with Gasteiger partial charge in [0.05, 0.1) is 5.56 Å². The maximum atomic E-state index is 12.6. The van der Waals surface area contributed by atoms with E-state index in [-0.39, 0.29) is 5.91 Å². The molecule has 0 atom stereocenters. The van der Waals surface area contributed by atoms with Crippen LogP contribution >= 0.6 is 11.8 Å². The van der Waals surface area contributed by atoms with Crippen molar-refractivity contribution < 1.29 is 9.18 Å². The minimum atomic E-state index is -0.601. The minimum absolute atomic E-state index is 0.306. The standard InChI is InChI=1S/C13H11FN2OS/c1-18-11-5-3-10(4-6-11)16-13(17)9-2-7-12(14)15-8-9/h2-8H,1H3,(H,16,17). The molecule has 0 aliphatic carbocycles. The molecular formula is C13H11FN2OS. The summed E-state index contributed by atoms with van der Waals surface area (Å²) < 4.78 is 12.6. The van der Waals surface area contributed by atoms with E-state index in [1.165, 1.54) is 12.3 Å². The Morgan fingerprint density at radius 2 is 1.94 bits per heavy atom. The number of nitrogens with zero attached hydrogens (tertiary/aromatic N) is 1. The number of amides is 1. The highest BCUT2D eigenvalue weighted by atomic mass is 32.2. The minimum Gasteiger partial charge on any atom is -0.322 e. The molecule has 0 saturated heterocycles. The van der Waals surface area contributed by atoms with Gasteiger partial charge in [0.15, 0.2) is 0 Å². The van der Waals surface area contributed by atoms with Crippen LogP contribution in [0.25, 0.3) is 0 Å². The molecule has 1 amide bonds. The summed E-state index contributed by atoms with van der Waals surface area (Å²) in [5.41, 5.74) is 1.02. The van der Waals surface area contributed by atoms with Crippen LogP contribution in [0.15, 0.2) is 47.5 Å². The van der Waals surface area contributed by atoms with Crippen LogP contribution in [0.5, 0.6) is 0 Å². The Hall–Kier alpha value is -1.88. The van der Waals surface area contributed by atoms with Crippen LogP contribution < -0.4 is 5.32 Å². The van der Waals surface area contributed by atoms with Crippen molar-refractivity contribution in [1.29, 1.82) is 0 Å². The lowest BCUT2D eigenvalue weighted by atomic mass is 10.2. The molecule has 1 heterocycles. The molecule has 92 valence electrons. The summed E-state index contributed by atoms with van der Waals surface area (Å²) in [7, 11) is 0. The van der Waals surface area contributed by atoms with Gasteiger partial charge >= 0.3 is 0 Å². The van der Waals surface area contributed by atoms with E-state index in [2.05, 4.69) is 10.3 Å². The van der Waals surface area contributed by atoms with Gasteiger partial charge in [-0.3, -0.25) is 4.79 Å². The van der Waals surface area contributed by atoms with Crippen molar-refractivity contribution in [2.24, 2.45) is 0 Å². The number of carbonyl (C=O) groups is 1. The number of benzene rings is 1. The maximum Gasteiger partial charge on any atom is 0.257 e. The third-order valence-electron chi connectivity index (χ3n) is 2.34. The molecular weight excluding hydrogens is 251 g/mol. The number of halogens is 1. The molecule has 1 N–H and O–H groups in total.